The van der Waals surface area contributed by atoms with Crippen molar-refractivity contribution >= 4 is 27.5 Å². The number of nitrogens with one attached hydrogen (secondary N) is 1. The third kappa shape index (κ3) is 5.22. The quantitative estimate of drug-likeness (QED) is 0.225. The van der Waals surface area contributed by atoms with Crippen LogP contribution in [-0.2, 0) is 4.74 Å². The molecule has 2 atom stereocenters. The van der Waals surface area contributed by atoms with Gasteiger partial charge in [0.15, 0.2) is 5.82 Å². The Labute approximate surface area is 289 Å². The Balaban J connectivity index is 1.15. The van der Waals surface area contributed by atoms with Crippen LogP contribution in [0.4, 0.5) is 14.6 Å². The van der Waals surface area contributed by atoms with E-state index in [1.54, 1.807) is 6.07 Å². The van der Waals surface area contributed by atoms with Crippen LogP contribution in [0.2, 0.25) is 0 Å². The number of anilines is 1. The van der Waals surface area contributed by atoms with Crippen molar-refractivity contribution in [3.05, 3.63) is 47.5 Å². The number of piperazine rings is 1. The molecular weight excluding hydrogens is 640 g/mol. The number of ether oxygens (including phenoxy) is 3. The molecule has 11 heteroatoms. The summed E-state index contributed by atoms with van der Waals surface area (Å²) in [6.45, 7) is 5.28. The zero-order valence-corrected chi connectivity index (χ0v) is 28.2. The fourth-order valence-corrected chi connectivity index (χ4v) is 8.82. The summed E-state index contributed by atoms with van der Waals surface area (Å²) in [6.07, 6.45) is 13.6. The van der Waals surface area contributed by atoms with Gasteiger partial charge in [-0.15, -0.1) is 6.42 Å². The summed E-state index contributed by atoms with van der Waals surface area (Å²) < 4.78 is 50.5. The number of halogens is 2. The molecule has 4 aromatic rings. The van der Waals surface area contributed by atoms with Gasteiger partial charge in [-0.2, -0.15) is 9.97 Å². The van der Waals surface area contributed by atoms with Crippen LogP contribution in [0.1, 0.15) is 50.5 Å². The first-order valence-corrected chi connectivity index (χ1v) is 17.8. The number of rotatable bonds is 8. The van der Waals surface area contributed by atoms with E-state index in [1.807, 2.05) is 0 Å². The molecule has 1 aromatic heterocycles. The summed E-state index contributed by atoms with van der Waals surface area (Å²) >= 11 is 0. The fraction of sp³-hybridized carbons (Fsp3) is 0.487. The molecule has 2 saturated carbocycles. The molecule has 0 amide bonds. The number of phenols is 1. The van der Waals surface area contributed by atoms with Crippen molar-refractivity contribution in [1.29, 1.82) is 0 Å². The number of morpholine rings is 1. The van der Waals surface area contributed by atoms with Crippen LogP contribution in [0.5, 0.6) is 17.5 Å². The molecule has 260 valence electrons. The molecular formula is C39H41F2N5O4. The van der Waals surface area contributed by atoms with Gasteiger partial charge in [-0.1, -0.05) is 12.0 Å². The number of aromatic nitrogens is 2. The van der Waals surface area contributed by atoms with Gasteiger partial charge in [0.25, 0.3) is 0 Å². The van der Waals surface area contributed by atoms with E-state index in [0.717, 1.165) is 65.1 Å². The Morgan fingerprint density at radius 2 is 1.90 bits per heavy atom. The molecule has 2 aliphatic carbocycles. The second kappa shape index (κ2) is 11.9. The van der Waals surface area contributed by atoms with E-state index in [4.69, 9.17) is 30.6 Å². The molecule has 2 unspecified atom stereocenters. The van der Waals surface area contributed by atoms with Gasteiger partial charge in [-0.25, -0.2) is 8.78 Å². The average molecular weight is 682 g/mol. The first kappa shape index (κ1) is 31.7. The van der Waals surface area contributed by atoms with Crippen molar-refractivity contribution in [3.8, 4) is 41.0 Å². The van der Waals surface area contributed by atoms with E-state index in [9.17, 15) is 5.11 Å². The highest BCUT2D eigenvalue weighted by Crippen LogP contribution is 2.51. The smallest absolute Gasteiger partial charge is 0.319 e. The highest BCUT2D eigenvalue weighted by molar-refractivity contribution is 6.05. The summed E-state index contributed by atoms with van der Waals surface area (Å²) in [5.74, 6) is 1.79. The molecule has 3 aliphatic heterocycles. The highest BCUT2D eigenvalue weighted by atomic mass is 19.1. The summed E-state index contributed by atoms with van der Waals surface area (Å²) in [5.41, 5.74) is 0.412. The molecule has 3 aromatic carbocycles. The zero-order chi connectivity index (χ0) is 34.2. The third-order valence-corrected chi connectivity index (χ3v) is 11.9. The summed E-state index contributed by atoms with van der Waals surface area (Å²) in [5, 5.41) is 15.7. The number of hydrogen-bond donors (Lipinski definition) is 2. The van der Waals surface area contributed by atoms with Crippen LogP contribution in [0, 0.1) is 29.4 Å². The number of benzene rings is 3. The van der Waals surface area contributed by atoms with Gasteiger partial charge in [-0.3, -0.25) is 4.90 Å². The molecule has 2 N–H and O–H groups in total. The fourth-order valence-electron chi connectivity index (χ4n) is 8.82. The van der Waals surface area contributed by atoms with Crippen LogP contribution < -0.4 is 19.7 Å². The van der Waals surface area contributed by atoms with E-state index in [2.05, 4.69) is 21.0 Å². The van der Waals surface area contributed by atoms with Gasteiger partial charge < -0.3 is 29.5 Å². The maximum Gasteiger partial charge on any atom is 0.319 e. The Bertz CT molecular complexity index is 2050. The Morgan fingerprint density at radius 3 is 2.60 bits per heavy atom. The maximum atomic E-state index is 17.3. The van der Waals surface area contributed by atoms with Gasteiger partial charge in [0.2, 0.25) is 0 Å². The topological polar surface area (TPSA) is 92.2 Å². The molecule has 4 heterocycles. The van der Waals surface area contributed by atoms with Crippen LogP contribution >= 0.6 is 0 Å². The van der Waals surface area contributed by atoms with E-state index < -0.39 is 11.6 Å². The van der Waals surface area contributed by atoms with E-state index in [-0.39, 0.29) is 50.7 Å². The lowest BCUT2D eigenvalue weighted by atomic mass is 9.74. The summed E-state index contributed by atoms with van der Waals surface area (Å²) in [7, 11) is 1.46. The van der Waals surface area contributed by atoms with Gasteiger partial charge in [0, 0.05) is 65.6 Å². The lowest BCUT2D eigenvalue weighted by Gasteiger charge is -2.53. The standard InChI is InChI=1S/C39H41F2N5O4/c1-3-27-30(40)8-5-23-15-26(47)16-28(32(23)27)33-31(48-2)17-29-35(34(33)41)43-37(44-36(29)45-18-24-6-7-25(19-45)42-24)50-21-38(11-12-38)20-46-13-14-49-22-39(46)9-4-10-39/h1,5,8,15-17,24-25,42,47H,4,6-7,9-14,18-22H2,2H3. The zero-order valence-electron chi connectivity index (χ0n) is 28.2. The Hall–Kier alpha value is -4.24. The molecule has 0 radical (unpaired) electrons. The largest absolute Gasteiger partial charge is 0.508 e. The normalized spacial score (nSPS) is 23.6. The molecule has 5 fully saturated rings. The van der Waals surface area contributed by atoms with Crippen molar-refractivity contribution in [2.24, 2.45) is 5.41 Å². The Morgan fingerprint density at radius 1 is 1.10 bits per heavy atom. The molecule has 5 aliphatic rings. The number of phenolic OH excluding ortho intramolecular Hbond substituents is 1. The number of methoxy groups -OCH3 is 1. The molecule has 3 saturated heterocycles. The minimum absolute atomic E-state index is 0.00758. The number of nitrogens with zero attached hydrogens (tertiary/aromatic N) is 4. The summed E-state index contributed by atoms with van der Waals surface area (Å²) in [4.78, 5) is 14.5. The predicted octanol–water partition coefficient (Wildman–Crippen LogP) is 5.78. The number of hydrogen-bond acceptors (Lipinski definition) is 9. The van der Waals surface area contributed by atoms with E-state index in [0.29, 0.717) is 40.7 Å². The van der Waals surface area contributed by atoms with Gasteiger partial charge in [-0.05, 0) is 74.6 Å². The van der Waals surface area contributed by atoms with E-state index >= 15 is 8.78 Å². The van der Waals surface area contributed by atoms with Crippen molar-refractivity contribution in [2.75, 3.05) is 58.0 Å². The van der Waals surface area contributed by atoms with Crippen LogP contribution in [0.15, 0.2) is 30.3 Å². The monoisotopic (exact) mass is 681 g/mol. The van der Waals surface area contributed by atoms with Crippen LogP contribution in [0.25, 0.3) is 32.8 Å². The average Bonchev–Trinajstić information content (AvgIpc) is 3.79. The predicted molar refractivity (Wildman–Crippen MR) is 187 cm³/mol. The van der Waals surface area contributed by atoms with Gasteiger partial charge in [0.05, 0.1) is 38.1 Å². The van der Waals surface area contributed by atoms with Crippen molar-refractivity contribution < 1.29 is 28.1 Å². The number of aromatic hydroxyl groups is 1. The first-order chi connectivity index (χ1) is 24.3. The van der Waals surface area contributed by atoms with Crippen molar-refractivity contribution in [1.82, 2.24) is 20.2 Å². The minimum Gasteiger partial charge on any atom is -0.508 e. The molecule has 50 heavy (non-hydrogen) atoms. The van der Waals surface area contributed by atoms with Gasteiger partial charge >= 0.3 is 6.01 Å². The number of terminal acetylenes is 1. The Kier molecular flexibility index (Phi) is 7.57. The minimum atomic E-state index is -0.688. The second-order valence-corrected chi connectivity index (χ2v) is 15.0. The third-order valence-electron chi connectivity index (χ3n) is 11.9. The molecule has 2 bridgehead atoms. The molecule has 1 spiro atoms. The van der Waals surface area contributed by atoms with Crippen molar-refractivity contribution in [2.45, 2.75) is 62.6 Å². The maximum absolute atomic E-state index is 17.3. The van der Waals surface area contributed by atoms with Gasteiger partial charge in [0.1, 0.15) is 28.7 Å². The highest BCUT2D eigenvalue weighted by Gasteiger charge is 2.52. The van der Waals surface area contributed by atoms with Crippen molar-refractivity contribution in [3.63, 3.8) is 0 Å². The first-order valence-electron chi connectivity index (χ1n) is 17.8. The van der Waals surface area contributed by atoms with Crippen LogP contribution in [0.3, 0.4) is 0 Å². The lowest BCUT2D eigenvalue weighted by molar-refractivity contribution is -0.115. The second-order valence-electron chi connectivity index (χ2n) is 15.0. The molecule has 9 rings (SSSR count). The SMILES string of the molecule is C#Cc1c(F)ccc2cc(O)cc(-c3c(OC)cc4c(N5CC6CCC(C5)N6)nc(OCC5(CN6CCOCC67CCC7)CC5)nc4c3F)c12. The summed E-state index contributed by atoms with van der Waals surface area (Å²) in [6, 6.07) is 8.11. The molecule has 9 nitrogen and oxygen atoms in total. The van der Waals surface area contributed by atoms with E-state index in [1.165, 1.54) is 50.6 Å². The number of fused-ring (bicyclic) bond motifs is 4. The van der Waals surface area contributed by atoms with Crippen LogP contribution in [-0.4, -0.2) is 90.7 Å². The lowest BCUT2D eigenvalue weighted by Crippen LogP contribution is -2.62.